The van der Waals surface area contributed by atoms with E-state index in [0.717, 1.165) is 42.5 Å². The Labute approximate surface area is 149 Å². The number of terminal acetylenes is 1. The molecule has 1 saturated heterocycles. The Bertz CT molecular complexity index is 628. The molecule has 1 N–H and O–H groups in total. The lowest BCUT2D eigenvalue weighted by Crippen LogP contribution is -2.50. The van der Waals surface area contributed by atoms with Gasteiger partial charge in [-0.05, 0) is 26.0 Å². The van der Waals surface area contributed by atoms with Gasteiger partial charge >= 0.3 is 0 Å². The molecule has 6 heteroatoms. The zero-order chi connectivity index (χ0) is 18.5. The van der Waals surface area contributed by atoms with Gasteiger partial charge in [-0.15, -0.1) is 6.42 Å². The summed E-state index contributed by atoms with van der Waals surface area (Å²) in [4.78, 5) is 10.4. The summed E-state index contributed by atoms with van der Waals surface area (Å²) in [6.07, 6.45) is 7.06. The molecule has 0 radical (unpaired) electrons. The molecule has 0 spiro atoms. The van der Waals surface area contributed by atoms with E-state index in [1.165, 1.54) is 12.1 Å². The van der Waals surface area contributed by atoms with Gasteiger partial charge in [-0.3, -0.25) is 10.1 Å². The van der Waals surface area contributed by atoms with Crippen molar-refractivity contribution in [3.05, 3.63) is 39.9 Å². The molecule has 6 nitrogen and oxygen atoms in total. The summed E-state index contributed by atoms with van der Waals surface area (Å²) < 4.78 is 6.39. The monoisotopic (exact) mass is 347 g/mol. The maximum Gasteiger partial charge on any atom is 0.269 e. The highest BCUT2D eigenvalue weighted by Gasteiger charge is 2.35. The molecule has 0 saturated carbocycles. The van der Waals surface area contributed by atoms with Crippen LogP contribution in [0.3, 0.4) is 0 Å². The highest BCUT2D eigenvalue weighted by molar-refractivity contribution is 5.32. The Morgan fingerprint density at radius 3 is 2.48 bits per heavy atom. The van der Waals surface area contributed by atoms with E-state index in [9.17, 15) is 15.2 Å². The molecule has 0 bridgehead atoms. The van der Waals surface area contributed by atoms with Crippen molar-refractivity contribution in [2.24, 2.45) is 0 Å². The Morgan fingerprint density at radius 2 is 1.96 bits per heavy atom. The Kier molecular flexibility index (Phi) is 6.17. The number of quaternary nitrogens is 1. The number of aliphatic hydroxyl groups is 1. The van der Waals surface area contributed by atoms with Gasteiger partial charge in [-0.25, -0.2) is 0 Å². The molecule has 0 amide bonds. The van der Waals surface area contributed by atoms with Gasteiger partial charge in [0.25, 0.3) is 5.69 Å². The number of nitro benzene ring substituents is 1. The molecule has 1 aromatic rings. The van der Waals surface area contributed by atoms with Crippen molar-refractivity contribution >= 4 is 5.69 Å². The van der Waals surface area contributed by atoms with Crippen molar-refractivity contribution in [3.63, 3.8) is 0 Å². The van der Waals surface area contributed by atoms with Gasteiger partial charge in [0.1, 0.15) is 24.8 Å². The first-order chi connectivity index (χ1) is 11.8. The second-order valence-corrected chi connectivity index (χ2v) is 7.38. The number of benzene rings is 1. The van der Waals surface area contributed by atoms with Gasteiger partial charge < -0.3 is 14.3 Å². The van der Waals surface area contributed by atoms with E-state index in [1.54, 1.807) is 26.0 Å². The van der Waals surface area contributed by atoms with Crippen LogP contribution in [0.4, 0.5) is 5.69 Å². The summed E-state index contributed by atoms with van der Waals surface area (Å²) in [5, 5.41) is 21.2. The second kappa shape index (κ2) is 7.96. The molecule has 1 aromatic carbocycles. The summed E-state index contributed by atoms with van der Waals surface area (Å²) in [5.74, 6) is 2.56. The van der Waals surface area contributed by atoms with Gasteiger partial charge in [0.15, 0.2) is 0 Å². The minimum absolute atomic E-state index is 0.0988. The van der Waals surface area contributed by atoms with Crippen LogP contribution in [0.25, 0.3) is 0 Å². The van der Waals surface area contributed by atoms with E-state index in [0.29, 0.717) is 6.54 Å². The minimum Gasteiger partial charge on any atom is -0.385 e. The predicted molar refractivity (Wildman–Crippen MR) is 95.8 cm³/mol. The van der Waals surface area contributed by atoms with Crippen LogP contribution in [-0.4, -0.2) is 52.5 Å². The second-order valence-electron chi connectivity index (χ2n) is 7.38. The van der Waals surface area contributed by atoms with Crippen LogP contribution in [0.1, 0.15) is 32.3 Å². The van der Waals surface area contributed by atoms with Crippen LogP contribution in [0, 0.1) is 22.5 Å². The lowest BCUT2D eigenvalue weighted by Gasteiger charge is -2.36. The third-order valence-corrected chi connectivity index (χ3v) is 4.76. The first-order valence-electron chi connectivity index (χ1n) is 8.63. The van der Waals surface area contributed by atoms with Gasteiger partial charge in [0, 0.05) is 30.5 Å². The van der Waals surface area contributed by atoms with Crippen LogP contribution < -0.4 is 0 Å². The number of rotatable bonds is 8. The summed E-state index contributed by atoms with van der Waals surface area (Å²) in [6, 6.07) is 6.69. The van der Waals surface area contributed by atoms with Crippen molar-refractivity contribution in [1.82, 2.24) is 0 Å². The van der Waals surface area contributed by atoms with Gasteiger partial charge in [-0.2, -0.15) is 0 Å². The predicted octanol–water partition coefficient (Wildman–Crippen LogP) is 2.49. The minimum atomic E-state index is -0.685. The maximum absolute atomic E-state index is 10.8. The number of nitro groups is 1. The topological polar surface area (TPSA) is 72.6 Å². The van der Waals surface area contributed by atoms with Crippen LogP contribution in [-0.2, 0) is 11.3 Å². The van der Waals surface area contributed by atoms with Crippen LogP contribution in [0.2, 0.25) is 0 Å². The highest BCUT2D eigenvalue weighted by Crippen LogP contribution is 2.25. The molecule has 1 fully saturated rings. The first kappa shape index (κ1) is 19.4. The fourth-order valence-corrected chi connectivity index (χ4v) is 3.37. The number of nitrogens with zero attached hydrogens (tertiary/aromatic N) is 2. The van der Waals surface area contributed by atoms with Crippen molar-refractivity contribution < 1.29 is 19.2 Å². The summed E-state index contributed by atoms with van der Waals surface area (Å²) in [7, 11) is 0. The SMILES string of the molecule is C#CC(C)(C)OC[C@@H](O)C[N+]1(Cc2ccc([N+](=O)[O-])cc2)CCCC1. The summed E-state index contributed by atoms with van der Waals surface area (Å²) in [5.41, 5.74) is 0.459. The van der Waals surface area contributed by atoms with Crippen molar-refractivity contribution in [3.8, 4) is 12.3 Å². The van der Waals surface area contributed by atoms with Crippen molar-refractivity contribution in [2.45, 2.75) is 44.9 Å². The molecule has 136 valence electrons. The quantitative estimate of drug-likeness (QED) is 0.339. The highest BCUT2D eigenvalue weighted by atomic mass is 16.6. The number of hydrogen-bond acceptors (Lipinski definition) is 4. The maximum atomic E-state index is 10.8. The van der Waals surface area contributed by atoms with Crippen LogP contribution in [0.5, 0.6) is 0 Å². The normalized spacial score (nSPS) is 17.8. The van der Waals surface area contributed by atoms with E-state index < -0.39 is 16.6 Å². The van der Waals surface area contributed by atoms with Crippen LogP contribution in [0.15, 0.2) is 24.3 Å². The number of ether oxygens (including phenoxy) is 1. The van der Waals surface area contributed by atoms with E-state index >= 15 is 0 Å². The molecule has 25 heavy (non-hydrogen) atoms. The molecular formula is C19H27N2O4+. The number of non-ortho nitro benzene ring substituents is 1. The Hall–Kier alpha value is -1.94. The van der Waals surface area contributed by atoms with E-state index in [4.69, 9.17) is 11.2 Å². The molecule has 0 aliphatic carbocycles. The fraction of sp³-hybridized carbons (Fsp3) is 0.579. The first-order valence-corrected chi connectivity index (χ1v) is 8.63. The Morgan fingerprint density at radius 1 is 1.36 bits per heavy atom. The standard InChI is InChI=1S/C19H27N2O4/c1-4-19(2,3)25-15-18(22)14-21(11-5-6-12-21)13-16-7-9-17(10-8-16)20(23)24/h1,7-10,18,22H,5-6,11-15H2,2-3H3/q+1/t18-/m0/s1. The number of likely N-dealkylation sites (tertiary alicyclic amines) is 1. The zero-order valence-corrected chi connectivity index (χ0v) is 15.0. The van der Waals surface area contributed by atoms with Crippen LogP contribution >= 0.6 is 0 Å². The average molecular weight is 347 g/mol. The largest absolute Gasteiger partial charge is 0.385 e. The summed E-state index contributed by atoms with van der Waals surface area (Å²) in [6.45, 7) is 7.15. The lowest BCUT2D eigenvalue weighted by atomic mass is 10.1. The van der Waals surface area contributed by atoms with Gasteiger partial charge in [-0.1, -0.05) is 5.92 Å². The molecule has 1 atom stereocenters. The van der Waals surface area contributed by atoms with Gasteiger partial charge in [0.2, 0.25) is 0 Å². The van der Waals surface area contributed by atoms with E-state index in [-0.39, 0.29) is 12.3 Å². The van der Waals surface area contributed by atoms with Gasteiger partial charge in [0.05, 0.1) is 24.6 Å². The zero-order valence-electron chi connectivity index (χ0n) is 15.0. The molecule has 0 unspecified atom stereocenters. The molecule has 1 heterocycles. The fourth-order valence-electron chi connectivity index (χ4n) is 3.37. The number of aliphatic hydroxyl groups excluding tert-OH is 1. The number of hydrogen-bond donors (Lipinski definition) is 1. The molecule has 1 aliphatic rings. The summed E-state index contributed by atoms with van der Waals surface area (Å²) >= 11 is 0. The third-order valence-electron chi connectivity index (χ3n) is 4.76. The third kappa shape index (κ3) is 5.53. The lowest BCUT2D eigenvalue weighted by molar-refractivity contribution is -0.932. The smallest absolute Gasteiger partial charge is 0.269 e. The molecule has 2 rings (SSSR count). The molecule has 1 aliphatic heterocycles. The van der Waals surface area contributed by atoms with E-state index in [2.05, 4.69) is 5.92 Å². The molecular weight excluding hydrogens is 320 g/mol. The average Bonchev–Trinajstić information content (AvgIpc) is 3.01. The molecule has 0 aromatic heterocycles. The Balaban J connectivity index is 2.00. The van der Waals surface area contributed by atoms with E-state index in [1.807, 2.05) is 0 Å². The van der Waals surface area contributed by atoms with Crippen molar-refractivity contribution in [2.75, 3.05) is 26.2 Å². The van der Waals surface area contributed by atoms with Crippen molar-refractivity contribution in [1.29, 1.82) is 0 Å².